The standard InChI is InChI=1S/C15H20FN3/c1-3-13-9-14(19(4-2)18-13)11-17-10-12-7-5-6-8-15(12)16/h5-9,17H,3-4,10-11H2,1-2H3. The molecule has 1 aromatic heterocycles. The van der Waals surface area contributed by atoms with Gasteiger partial charge in [-0.3, -0.25) is 4.68 Å². The second-order valence-electron chi connectivity index (χ2n) is 4.49. The molecule has 0 aliphatic heterocycles. The van der Waals surface area contributed by atoms with Crippen molar-refractivity contribution >= 4 is 0 Å². The Labute approximate surface area is 113 Å². The number of benzene rings is 1. The first-order valence-electron chi connectivity index (χ1n) is 6.74. The maximum absolute atomic E-state index is 13.5. The quantitative estimate of drug-likeness (QED) is 0.866. The van der Waals surface area contributed by atoms with Crippen LogP contribution in [0.5, 0.6) is 0 Å². The summed E-state index contributed by atoms with van der Waals surface area (Å²) in [4.78, 5) is 0. The van der Waals surface area contributed by atoms with Crippen molar-refractivity contribution < 1.29 is 4.39 Å². The summed E-state index contributed by atoms with van der Waals surface area (Å²) in [5.41, 5.74) is 2.95. The van der Waals surface area contributed by atoms with E-state index in [0.29, 0.717) is 18.7 Å². The highest BCUT2D eigenvalue weighted by Crippen LogP contribution is 2.08. The number of rotatable bonds is 6. The first-order valence-corrected chi connectivity index (χ1v) is 6.74. The maximum atomic E-state index is 13.5. The van der Waals surface area contributed by atoms with Crippen LogP contribution in [0, 0.1) is 5.82 Å². The summed E-state index contributed by atoms with van der Waals surface area (Å²) in [6.07, 6.45) is 0.938. The third-order valence-electron chi connectivity index (χ3n) is 3.16. The fourth-order valence-electron chi connectivity index (χ4n) is 2.07. The van der Waals surface area contributed by atoms with E-state index in [4.69, 9.17) is 0 Å². The molecule has 0 radical (unpaired) electrons. The lowest BCUT2D eigenvalue weighted by atomic mass is 10.2. The maximum Gasteiger partial charge on any atom is 0.127 e. The average molecular weight is 261 g/mol. The number of hydrogen-bond donors (Lipinski definition) is 1. The lowest BCUT2D eigenvalue weighted by Gasteiger charge is -2.07. The zero-order valence-electron chi connectivity index (χ0n) is 11.5. The number of nitrogens with one attached hydrogen (secondary N) is 1. The summed E-state index contributed by atoms with van der Waals surface area (Å²) in [6, 6.07) is 8.96. The van der Waals surface area contributed by atoms with Crippen molar-refractivity contribution in [3.63, 3.8) is 0 Å². The van der Waals surface area contributed by atoms with Gasteiger partial charge in [0, 0.05) is 25.2 Å². The van der Waals surface area contributed by atoms with Gasteiger partial charge in [0.2, 0.25) is 0 Å². The van der Waals surface area contributed by atoms with Gasteiger partial charge in [-0.25, -0.2) is 4.39 Å². The zero-order valence-corrected chi connectivity index (χ0v) is 11.5. The third-order valence-corrected chi connectivity index (χ3v) is 3.16. The van der Waals surface area contributed by atoms with E-state index in [-0.39, 0.29) is 5.82 Å². The molecule has 0 unspecified atom stereocenters. The van der Waals surface area contributed by atoms with Crippen LogP contribution < -0.4 is 5.32 Å². The molecule has 0 aliphatic carbocycles. The summed E-state index contributed by atoms with van der Waals surface area (Å²) >= 11 is 0. The molecule has 3 nitrogen and oxygen atoms in total. The molecular formula is C15H20FN3. The van der Waals surface area contributed by atoms with E-state index < -0.39 is 0 Å². The predicted octanol–water partition coefficient (Wildman–Crippen LogP) is 2.89. The molecule has 0 aliphatic rings. The number of aromatic nitrogens is 2. The van der Waals surface area contributed by atoms with Gasteiger partial charge in [0.25, 0.3) is 0 Å². The molecule has 0 saturated heterocycles. The van der Waals surface area contributed by atoms with Gasteiger partial charge in [-0.1, -0.05) is 25.1 Å². The number of nitrogens with zero attached hydrogens (tertiary/aromatic N) is 2. The normalized spacial score (nSPS) is 10.9. The highest BCUT2D eigenvalue weighted by molar-refractivity contribution is 5.17. The summed E-state index contributed by atoms with van der Waals surface area (Å²) in [6.45, 7) is 6.26. The Morgan fingerprint density at radius 2 is 2.00 bits per heavy atom. The molecule has 1 heterocycles. The Balaban J connectivity index is 1.96. The van der Waals surface area contributed by atoms with Gasteiger partial charge < -0.3 is 5.32 Å². The van der Waals surface area contributed by atoms with Crippen LogP contribution in [0.25, 0.3) is 0 Å². The minimum Gasteiger partial charge on any atom is -0.307 e. The highest BCUT2D eigenvalue weighted by Gasteiger charge is 2.06. The van der Waals surface area contributed by atoms with Crippen molar-refractivity contribution in [2.24, 2.45) is 0 Å². The van der Waals surface area contributed by atoms with Gasteiger partial charge in [-0.2, -0.15) is 5.10 Å². The fraction of sp³-hybridized carbons (Fsp3) is 0.400. The Kier molecular flexibility index (Phi) is 4.68. The van der Waals surface area contributed by atoms with E-state index in [1.54, 1.807) is 12.1 Å². The summed E-state index contributed by atoms with van der Waals surface area (Å²) in [5, 5.41) is 7.76. The zero-order chi connectivity index (χ0) is 13.7. The van der Waals surface area contributed by atoms with Crippen LogP contribution in [0.2, 0.25) is 0 Å². The molecule has 2 aromatic rings. The molecule has 0 fully saturated rings. The van der Waals surface area contributed by atoms with E-state index in [2.05, 4.69) is 30.3 Å². The molecule has 0 bridgehead atoms. The third kappa shape index (κ3) is 3.41. The Morgan fingerprint density at radius 1 is 1.21 bits per heavy atom. The molecule has 0 amide bonds. The van der Waals surface area contributed by atoms with Crippen molar-refractivity contribution in [1.29, 1.82) is 0 Å². The highest BCUT2D eigenvalue weighted by atomic mass is 19.1. The van der Waals surface area contributed by atoms with E-state index in [0.717, 1.165) is 24.4 Å². The lowest BCUT2D eigenvalue weighted by molar-refractivity contribution is 0.559. The second kappa shape index (κ2) is 6.48. The minimum atomic E-state index is -0.159. The Morgan fingerprint density at radius 3 is 2.68 bits per heavy atom. The van der Waals surface area contributed by atoms with Crippen molar-refractivity contribution in [2.45, 2.75) is 39.9 Å². The van der Waals surface area contributed by atoms with Crippen LogP contribution in [-0.2, 0) is 26.1 Å². The topological polar surface area (TPSA) is 29.9 Å². The van der Waals surface area contributed by atoms with E-state index in [1.807, 2.05) is 10.7 Å². The Bertz CT molecular complexity index is 534. The number of aryl methyl sites for hydroxylation is 2. The molecule has 1 aromatic carbocycles. The van der Waals surface area contributed by atoms with Crippen LogP contribution in [0.3, 0.4) is 0 Å². The largest absolute Gasteiger partial charge is 0.307 e. The molecule has 2 rings (SSSR count). The summed E-state index contributed by atoms with van der Waals surface area (Å²) in [7, 11) is 0. The molecule has 0 atom stereocenters. The SMILES string of the molecule is CCc1cc(CNCc2ccccc2F)n(CC)n1. The van der Waals surface area contributed by atoms with Crippen molar-refractivity contribution in [3.05, 3.63) is 53.1 Å². The van der Waals surface area contributed by atoms with Crippen LogP contribution in [0.1, 0.15) is 30.8 Å². The Hall–Kier alpha value is -1.68. The average Bonchev–Trinajstić information content (AvgIpc) is 2.83. The first-order chi connectivity index (χ1) is 9.24. The van der Waals surface area contributed by atoms with Crippen LogP contribution >= 0.6 is 0 Å². The van der Waals surface area contributed by atoms with Crippen LogP contribution in [0.4, 0.5) is 4.39 Å². The molecule has 19 heavy (non-hydrogen) atoms. The van der Waals surface area contributed by atoms with Crippen molar-refractivity contribution in [3.8, 4) is 0 Å². The van der Waals surface area contributed by atoms with Crippen LogP contribution in [-0.4, -0.2) is 9.78 Å². The summed E-state index contributed by atoms with van der Waals surface area (Å²) < 4.78 is 15.5. The molecule has 1 N–H and O–H groups in total. The summed E-state index contributed by atoms with van der Waals surface area (Å²) in [5.74, 6) is -0.159. The predicted molar refractivity (Wildman–Crippen MR) is 74.2 cm³/mol. The number of halogens is 1. The van der Waals surface area contributed by atoms with Gasteiger partial charge in [0.05, 0.1) is 11.4 Å². The van der Waals surface area contributed by atoms with Gasteiger partial charge in [0.1, 0.15) is 5.82 Å². The van der Waals surface area contributed by atoms with Gasteiger partial charge in [-0.05, 0) is 25.5 Å². The number of hydrogen-bond acceptors (Lipinski definition) is 2. The molecule has 4 heteroatoms. The molecule has 0 saturated carbocycles. The van der Waals surface area contributed by atoms with E-state index in [9.17, 15) is 4.39 Å². The van der Waals surface area contributed by atoms with Crippen molar-refractivity contribution in [1.82, 2.24) is 15.1 Å². The van der Waals surface area contributed by atoms with Crippen LogP contribution in [0.15, 0.2) is 30.3 Å². The van der Waals surface area contributed by atoms with Gasteiger partial charge in [0.15, 0.2) is 0 Å². The van der Waals surface area contributed by atoms with E-state index >= 15 is 0 Å². The lowest BCUT2D eigenvalue weighted by Crippen LogP contribution is -2.16. The fourth-order valence-corrected chi connectivity index (χ4v) is 2.07. The van der Waals surface area contributed by atoms with Gasteiger partial charge in [-0.15, -0.1) is 0 Å². The van der Waals surface area contributed by atoms with Crippen molar-refractivity contribution in [2.75, 3.05) is 0 Å². The smallest absolute Gasteiger partial charge is 0.127 e. The van der Waals surface area contributed by atoms with E-state index in [1.165, 1.54) is 6.07 Å². The molecular weight excluding hydrogens is 241 g/mol. The van der Waals surface area contributed by atoms with Gasteiger partial charge >= 0.3 is 0 Å². The minimum absolute atomic E-state index is 0.159. The second-order valence-corrected chi connectivity index (χ2v) is 4.49. The molecule has 102 valence electrons. The molecule has 0 spiro atoms. The monoisotopic (exact) mass is 261 g/mol. The first kappa shape index (κ1) is 13.7.